The Labute approximate surface area is 97.7 Å². The molecule has 0 radical (unpaired) electrons. The van der Waals surface area contributed by atoms with Crippen molar-refractivity contribution < 1.29 is 0 Å². The molecule has 0 saturated heterocycles. The third-order valence-corrected chi connectivity index (χ3v) is 18.0. The van der Waals surface area contributed by atoms with E-state index in [1.165, 1.54) is 7.42 Å². The van der Waals surface area contributed by atoms with E-state index in [9.17, 15) is 0 Å². The summed E-state index contributed by atoms with van der Waals surface area (Å²) in [6.45, 7) is 0. The zero-order valence-electron chi connectivity index (χ0n) is 8.32. The Balaban J connectivity index is 3.01. The second kappa shape index (κ2) is 4.09. The molecule has 0 fully saturated rings. The predicted octanol–water partition coefficient (Wildman–Crippen LogP) is 3.05. The van der Waals surface area contributed by atoms with E-state index in [0.717, 1.165) is 0 Å². The summed E-state index contributed by atoms with van der Waals surface area (Å²) < 4.78 is 2.80. The normalized spacial score (nSPS) is 13.4. The Morgan fingerprint density at radius 1 is 0.923 bits per heavy atom. The van der Waals surface area contributed by atoms with Crippen molar-refractivity contribution in [3.05, 3.63) is 12.1 Å². The first-order chi connectivity index (χ1) is 5.71. The van der Waals surface area contributed by atoms with E-state index in [1.807, 2.05) is 11.3 Å². The fourth-order valence-electron chi connectivity index (χ4n) is 0.977. The van der Waals surface area contributed by atoms with Crippen molar-refractivity contribution in [2.75, 3.05) is 0 Å². The Kier molecular flexibility index (Phi) is 3.91. The molecular formula is C8H14Cl2Ge2S. The van der Waals surface area contributed by atoms with Crippen molar-refractivity contribution in [3.63, 3.8) is 0 Å². The standard InChI is InChI=1S/C8H14Cl2Ge2S/c1-11(2,9)7-5-6-8(13-7)12(3,4)10/h5-6H,1-4H3. The van der Waals surface area contributed by atoms with Crippen molar-refractivity contribution >= 4 is 63.4 Å². The zero-order chi connectivity index (χ0) is 10.3. The molecule has 0 N–H and O–H groups in total. The number of hydrogen-bond acceptors (Lipinski definition) is 1. The van der Waals surface area contributed by atoms with Gasteiger partial charge in [0.1, 0.15) is 0 Å². The van der Waals surface area contributed by atoms with Crippen molar-refractivity contribution in [1.29, 1.82) is 0 Å². The SMILES string of the molecule is [CH3][Ge]([CH3])([Cl])[c]1cc[c]([Ge]([CH3])([CH3])[Cl])s1. The van der Waals surface area contributed by atoms with E-state index in [2.05, 4.69) is 35.2 Å². The molecule has 0 saturated carbocycles. The molecule has 0 aliphatic rings. The second-order valence-corrected chi connectivity index (χ2v) is 31.2. The van der Waals surface area contributed by atoms with Crippen molar-refractivity contribution in [1.82, 2.24) is 0 Å². The molecule has 1 heterocycles. The molecule has 0 aromatic carbocycles. The summed E-state index contributed by atoms with van der Waals surface area (Å²) >= 11 is -2.37. The number of thiophene rings is 1. The van der Waals surface area contributed by atoms with E-state index in [-0.39, 0.29) is 0 Å². The van der Waals surface area contributed by atoms with Crippen molar-refractivity contribution in [2.45, 2.75) is 23.0 Å². The van der Waals surface area contributed by atoms with Gasteiger partial charge < -0.3 is 0 Å². The van der Waals surface area contributed by atoms with Gasteiger partial charge in [0.05, 0.1) is 0 Å². The van der Waals surface area contributed by atoms with Gasteiger partial charge in [-0.25, -0.2) is 0 Å². The van der Waals surface area contributed by atoms with Crippen LogP contribution < -0.4 is 7.42 Å². The van der Waals surface area contributed by atoms with Crippen molar-refractivity contribution in [2.24, 2.45) is 0 Å². The monoisotopic (exact) mass is 360 g/mol. The van der Waals surface area contributed by atoms with Gasteiger partial charge in [-0.2, -0.15) is 0 Å². The van der Waals surface area contributed by atoms with E-state index in [0.29, 0.717) is 0 Å². The Hall–Kier alpha value is 1.37. The molecule has 5 heteroatoms. The van der Waals surface area contributed by atoms with Crippen LogP contribution in [0.2, 0.25) is 23.0 Å². The van der Waals surface area contributed by atoms with Gasteiger partial charge in [0, 0.05) is 0 Å². The molecule has 0 spiro atoms. The van der Waals surface area contributed by atoms with Crippen LogP contribution in [0.25, 0.3) is 0 Å². The fourth-order valence-corrected chi connectivity index (χ4v) is 11.6. The molecule has 0 nitrogen and oxygen atoms in total. The minimum absolute atomic E-state index is 1.40. The first-order valence-electron chi connectivity index (χ1n) is 4.20. The van der Waals surface area contributed by atoms with Gasteiger partial charge in [-0.15, -0.1) is 0 Å². The molecule has 0 bridgehead atoms. The average molecular weight is 358 g/mol. The first kappa shape index (κ1) is 12.4. The van der Waals surface area contributed by atoms with Gasteiger partial charge in [0.2, 0.25) is 0 Å². The quantitative estimate of drug-likeness (QED) is 0.713. The first-order valence-corrected chi connectivity index (χ1v) is 21.0. The van der Waals surface area contributed by atoms with Gasteiger partial charge in [0.25, 0.3) is 0 Å². The summed E-state index contributed by atoms with van der Waals surface area (Å²) in [7, 11) is 12.8. The maximum atomic E-state index is 6.40. The summed E-state index contributed by atoms with van der Waals surface area (Å²) in [5.41, 5.74) is 0. The molecule has 13 heavy (non-hydrogen) atoms. The number of rotatable bonds is 2. The Morgan fingerprint density at radius 3 is 1.38 bits per heavy atom. The van der Waals surface area contributed by atoms with Gasteiger partial charge >= 0.3 is 98.6 Å². The molecule has 1 aromatic heterocycles. The molecule has 0 aliphatic carbocycles. The van der Waals surface area contributed by atoms with E-state index < -0.39 is 24.7 Å². The van der Waals surface area contributed by atoms with Crippen LogP contribution in [0.3, 0.4) is 0 Å². The molecule has 74 valence electrons. The third kappa shape index (κ3) is 3.45. The van der Waals surface area contributed by atoms with Crippen LogP contribution in [0.5, 0.6) is 0 Å². The molecular weight excluding hydrogens is 344 g/mol. The summed E-state index contributed by atoms with van der Waals surface area (Å²) in [6, 6.07) is 4.37. The van der Waals surface area contributed by atoms with Crippen molar-refractivity contribution in [3.8, 4) is 0 Å². The van der Waals surface area contributed by atoms with E-state index >= 15 is 0 Å². The maximum absolute atomic E-state index is 6.40. The molecule has 1 rings (SSSR count). The fraction of sp³-hybridized carbons (Fsp3) is 0.500. The van der Waals surface area contributed by atoms with Crippen LogP contribution in [-0.2, 0) is 0 Å². The summed E-state index contributed by atoms with van der Waals surface area (Å²) in [6.07, 6.45) is 0. The van der Waals surface area contributed by atoms with Gasteiger partial charge in [-0.3, -0.25) is 0 Å². The van der Waals surface area contributed by atoms with Crippen LogP contribution in [0, 0.1) is 0 Å². The molecule has 0 unspecified atom stereocenters. The topological polar surface area (TPSA) is 0 Å². The summed E-state index contributed by atoms with van der Waals surface area (Å²) in [5, 5.41) is 0. The third-order valence-electron chi connectivity index (χ3n) is 1.78. The molecule has 1 aromatic rings. The minimum atomic E-state index is -2.11. The predicted molar refractivity (Wildman–Crippen MR) is 70.3 cm³/mol. The van der Waals surface area contributed by atoms with Crippen LogP contribution in [0.4, 0.5) is 0 Å². The Bertz CT molecular complexity index is 267. The van der Waals surface area contributed by atoms with Crippen LogP contribution >= 0.6 is 31.4 Å². The summed E-state index contributed by atoms with van der Waals surface area (Å²) in [5.74, 6) is 8.80. The summed E-state index contributed by atoms with van der Waals surface area (Å²) in [4.78, 5) is 0. The number of halogens is 2. The van der Waals surface area contributed by atoms with Gasteiger partial charge in [-0.05, 0) is 0 Å². The van der Waals surface area contributed by atoms with E-state index in [4.69, 9.17) is 20.0 Å². The van der Waals surface area contributed by atoms with Crippen LogP contribution in [0.1, 0.15) is 0 Å². The zero-order valence-corrected chi connectivity index (χ0v) is 14.8. The van der Waals surface area contributed by atoms with E-state index in [1.54, 1.807) is 0 Å². The average Bonchev–Trinajstić information content (AvgIpc) is 2.28. The Morgan fingerprint density at radius 2 is 1.23 bits per heavy atom. The van der Waals surface area contributed by atoms with Crippen LogP contribution in [-0.4, -0.2) is 24.7 Å². The second-order valence-electron chi connectivity index (χ2n) is 4.11. The molecule has 0 atom stereocenters. The molecule has 0 amide bonds. The molecule has 0 aliphatic heterocycles. The van der Waals surface area contributed by atoms with Crippen LogP contribution in [0.15, 0.2) is 12.1 Å². The van der Waals surface area contributed by atoms with Gasteiger partial charge in [-0.1, -0.05) is 0 Å². The van der Waals surface area contributed by atoms with Gasteiger partial charge in [0.15, 0.2) is 0 Å². The number of hydrogen-bond donors (Lipinski definition) is 0.